The first-order valence-corrected chi connectivity index (χ1v) is 12.0. The SMILES string of the molecule is CCn1c(-c2ccc(C(F)(F)F)nc2)nc2c(N3CCC(n4c(=O)[nH]c5ccccc54)CC3)ncnc21. The topological polar surface area (TPSA) is 97.5 Å². The molecule has 1 saturated heterocycles. The van der Waals surface area contributed by atoms with Crippen molar-refractivity contribution in [3.05, 3.63) is 65.1 Å². The summed E-state index contributed by atoms with van der Waals surface area (Å²) in [5.41, 5.74) is 2.32. The van der Waals surface area contributed by atoms with E-state index < -0.39 is 11.9 Å². The summed E-state index contributed by atoms with van der Waals surface area (Å²) in [6.45, 7) is 3.78. The Hall–Kier alpha value is -4.22. The van der Waals surface area contributed by atoms with Gasteiger partial charge in [-0.25, -0.2) is 19.7 Å². The van der Waals surface area contributed by atoms with Crippen molar-refractivity contribution in [2.24, 2.45) is 0 Å². The third-order valence-corrected chi connectivity index (χ3v) is 6.89. The van der Waals surface area contributed by atoms with Gasteiger partial charge >= 0.3 is 11.9 Å². The summed E-state index contributed by atoms with van der Waals surface area (Å²) in [5.74, 6) is 1.16. The average Bonchev–Trinajstić information content (AvgIpc) is 3.45. The molecule has 1 fully saturated rings. The third kappa shape index (κ3) is 3.92. The Morgan fingerprint density at radius 2 is 1.84 bits per heavy atom. The highest BCUT2D eigenvalue weighted by atomic mass is 19.4. The largest absolute Gasteiger partial charge is 0.433 e. The fraction of sp³-hybridized carbons (Fsp3) is 0.320. The van der Waals surface area contributed by atoms with Crippen molar-refractivity contribution in [1.29, 1.82) is 0 Å². The molecule has 9 nitrogen and oxygen atoms in total. The van der Waals surface area contributed by atoms with Crippen LogP contribution in [0, 0.1) is 0 Å². The molecule has 5 aromatic rings. The molecule has 0 radical (unpaired) electrons. The summed E-state index contributed by atoms with van der Waals surface area (Å²) < 4.78 is 42.6. The maximum absolute atomic E-state index is 13.0. The van der Waals surface area contributed by atoms with E-state index in [1.807, 2.05) is 40.3 Å². The number of benzene rings is 1. The molecule has 1 N–H and O–H groups in total. The molecule has 0 spiro atoms. The molecule has 1 aromatic carbocycles. The summed E-state index contributed by atoms with van der Waals surface area (Å²) in [4.78, 5) is 35.0. The van der Waals surface area contributed by atoms with Crippen LogP contribution in [-0.4, -0.2) is 47.1 Å². The van der Waals surface area contributed by atoms with Gasteiger partial charge in [-0.15, -0.1) is 0 Å². The number of aromatic nitrogens is 7. The number of H-pyrrole nitrogens is 1. The fourth-order valence-corrected chi connectivity index (χ4v) is 5.14. The van der Waals surface area contributed by atoms with Gasteiger partial charge in [0.15, 0.2) is 17.0 Å². The number of pyridine rings is 1. The Bertz CT molecular complexity index is 1640. The second-order valence-corrected chi connectivity index (χ2v) is 9.01. The molecule has 0 amide bonds. The van der Waals surface area contributed by atoms with Crippen LogP contribution in [0.2, 0.25) is 0 Å². The molecule has 12 heteroatoms. The molecule has 6 rings (SSSR count). The second kappa shape index (κ2) is 8.71. The van der Waals surface area contributed by atoms with E-state index in [-0.39, 0.29) is 11.7 Å². The molecule has 1 aliphatic rings. The minimum Gasteiger partial charge on any atom is -0.355 e. The maximum Gasteiger partial charge on any atom is 0.433 e. The van der Waals surface area contributed by atoms with Gasteiger partial charge in [0.1, 0.15) is 17.8 Å². The number of piperidine rings is 1. The first kappa shape index (κ1) is 23.2. The zero-order valence-electron chi connectivity index (χ0n) is 19.9. The molecule has 37 heavy (non-hydrogen) atoms. The third-order valence-electron chi connectivity index (χ3n) is 6.89. The van der Waals surface area contributed by atoms with Crippen LogP contribution in [0.3, 0.4) is 0 Å². The molecule has 0 unspecified atom stereocenters. The van der Waals surface area contributed by atoms with Crippen LogP contribution in [0.5, 0.6) is 0 Å². The van der Waals surface area contributed by atoms with Crippen LogP contribution < -0.4 is 10.6 Å². The van der Waals surface area contributed by atoms with Gasteiger partial charge in [-0.1, -0.05) is 12.1 Å². The van der Waals surface area contributed by atoms with Crippen LogP contribution in [0.1, 0.15) is 31.5 Å². The molecule has 190 valence electrons. The van der Waals surface area contributed by atoms with E-state index in [1.165, 1.54) is 18.6 Å². The molecular formula is C25H23F3N8O. The number of hydrogen-bond acceptors (Lipinski definition) is 6. The van der Waals surface area contributed by atoms with Gasteiger partial charge in [0.2, 0.25) is 0 Å². The Morgan fingerprint density at radius 1 is 1.05 bits per heavy atom. The average molecular weight is 509 g/mol. The standard InChI is InChI=1S/C25H23F3N8O/c1-2-35-21(15-7-8-19(29-13-15)25(26,27)28)33-20-22(30-14-31-23(20)35)34-11-9-16(10-12-34)36-18-6-4-3-5-17(18)32-24(36)37/h3-8,13-14,16H,2,9-12H2,1H3,(H,32,37). The normalized spacial score (nSPS) is 15.2. The van der Waals surface area contributed by atoms with Crippen LogP contribution in [0.4, 0.5) is 19.0 Å². The first-order valence-electron chi connectivity index (χ1n) is 12.0. The zero-order chi connectivity index (χ0) is 25.7. The Balaban J connectivity index is 1.31. The number of aromatic amines is 1. The molecule has 5 heterocycles. The molecule has 0 bridgehead atoms. The second-order valence-electron chi connectivity index (χ2n) is 9.01. The van der Waals surface area contributed by atoms with Crippen molar-refractivity contribution in [2.75, 3.05) is 18.0 Å². The predicted octanol–water partition coefficient (Wildman–Crippen LogP) is 4.41. The number of nitrogens with one attached hydrogen (secondary N) is 1. The number of para-hydroxylation sites is 2. The van der Waals surface area contributed by atoms with Gasteiger partial charge in [-0.05, 0) is 44.0 Å². The lowest BCUT2D eigenvalue weighted by Gasteiger charge is -2.33. The lowest BCUT2D eigenvalue weighted by Crippen LogP contribution is -2.37. The highest BCUT2D eigenvalue weighted by Crippen LogP contribution is 2.33. The number of aryl methyl sites for hydroxylation is 1. The van der Waals surface area contributed by atoms with Crippen LogP contribution in [-0.2, 0) is 12.7 Å². The molecule has 0 atom stereocenters. The van der Waals surface area contributed by atoms with Gasteiger partial charge < -0.3 is 14.5 Å². The van der Waals surface area contributed by atoms with Crippen molar-refractivity contribution < 1.29 is 13.2 Å². The Kier molecular flexibility index (Phi) is 5.46. The van der Waals surface area contributed by atoms with Crippen LogP contribution >= 0.6 is 0 Å². The van der Waals surface area contributed by atoms with E-state index in [2.05, 4.69) is 24.8 Å². The molecule has 0 saturated carbocycles. The number of rotatable bonds is 4. The summed E-state index contributed by atoms with van der Waals surface area (Å²) in [6.07, 6.45) is -0.342. The van der Waals surface area contributed by atoms with Gasteiger partial charge in [0.25, 0.3) is 0 Å². The first-order chi connectivity index (χ1) is 17.8. The highest BCUT2D eigenvalue weighted by Gasteiger charge is 2.32. The van der Waals surface area contributed by atoms with Gasteiger partial charge in [-0.3, -0.25) is 9.55 Å². The Labute approximate surface area is 208 Å². The smallest absolute Gasteiger partial charge is 0.355 e. The summed E-state index contributed by atoms with van der Waals surface area (Å²) in [6, 6.07) is 10.1. The quantitative estimate of drug-likeness (QED) is 0.386. The van der Waals surface area contributed by atoms with E-state index in [0.29, 0.717) is 48.0 Å². The molecule has 4 aromatic heterocycles. The van der Waals surface area contributed by atoms with Gasteiger partial charge in [-0.2, -0.15) is 13.2 Å². The van der Waals surface area contributed by atoms with E-state index in [9.17, 15) is 18.0 Å². The molecule has 0 aliphatic carbocycles. The van der Waals surface area contributed by atoms with E-state index in [4.69, 9.17) is 4.98 Å². The number of anilines is 1. The summed E-state index contributed by atoms with van der Waals surface area (Å²) in [7, 11) is 0. The van der Waals surface area contributed by atoms with Gasteiger partial charge in [0, 0.05) is 37.4 Å². The van der Waals surface area contributed by atoms with Gasteiger partial charge in [0.05, 0.1) is 11.0 Å². The predicted molar refractivity (Wildman–Crippen MR) is 132 cm³/mol. The molecular weight excluding hydrogens is 485 g/mol. The minimum absolute atomic E-state index is 0.0548. The highest BCUT2D eigenvalue weighted by molar-refractivity contribution is 5.87. The van der Waals surface area contributed by atoms with Crippen molar-refractivity contribution in [3.8, 4) is 11.4 Å². The number of hydrogen-bond donors (Lipinski definition) is 1. The summed E-state index contributed by atoms with van der Waals surface area (Å²) >= 11 is 0. The zero-order valence-corrected chi connectivity index (χ0v) is 19.9. The van der Waals surface area contributed by atoms with Crippen molar-refractivity contribution in [2.45, 2.75) is 38.5 Å². The molecule has 1 aliphatic heterocycles. The number of imidazole rings is 2. The van der Waals surface area contributed by atoms with E-state index >= 15 is 0 Å². The summed E-state index contributed by atoms with van der Waals surface area (Å²) in [5, 5.41) is 0. The van der Waals surface area contributed by atoms with E-state index in [0.717, 1.165) is 29.9 Å². The van der Waals surface area contributed by atoms with Crippen molar-refractivity contribution >= 4 is 28.0 Å². The minimum atomic E-state index is -4.51. The van der Waals surface area contributed by atoms with Crippen LogP contribution in [0.25, 0.3) is 33.6 Å². The number of alkyl halides is 3. The number of halogens is 3. The van der Waals surface area contributed by atoms with Crippen molar-refractivity contribution in [3.63, 3.8) is 0 Å². The number of fused-ring (bicyclic) bond motifs is 2. The maximum atomic E-state index is 13.0. The van der Waals surface area contributed by atoms with Crippen LogP contribution in [0.15, 0.2) is 53.7 Å². The Morgan fingerprint density at radius 3 is 2.54 bits per heavy atom. The lowest BCUT2D eigenvalue weighted by atomic mass is 10.0. The lowest BCUT2D eigenvalue weighted by molar-refractivity contribution is -0.141. The van der Waals surface area contributed by atoms with Crippen molar-refractivity contribution in [1.82, 2.24) is 34.1 Å². The van der Waals surface area contributed by atoms with E-state index in [1.54, 1.807) is 0 Å². The number of nitrogens with zero attached hydrogens (tertiary/aromatic N) is 7. The fourth-order valence-electron chi connectivity index (χ4n) is 5.14. The monoisotopic (exact) mass is 508 g/mol.